The van der Waals surface area contributed by atoms with E-state index in [1.54, 1.807) is 21.8 Å². The number of ether oxygens (including phenoxy) is 1. The van der Waals surface area contributed by atoms with Crippen molar-refractivity contribution in [3.63, 3.8) is 0 Å². The van der Waals surface area contributed by atoms with Gasteiger partial charge in [-0.3, -0.25) is 14.4 Å². The molecule has 0 saturated carbocycles. The number of fused-ring (bicyclic) bond motifs is 1. The molecule has 2 heterocycles. The van der Waals surface area contributed by atoms with E-state index in [4.69, 9.17) is 10.00 Å². The number of amides is 2. The van der Waals surface area contributed by atoms with Crippen LogP contribution in [0.3, 0.4) is 0 Å². The number of nitrogens with zero attached hydrogens (tertiary/aromatic N) is 5. The molecule has 0 unspecified atom stereocenters. The minimum absolute atomic E-state index is 0.132. The van der Waals surface area contributed by atoms with Crippen LogP contribution in [0.15, 0.2) is 54.9 Å². The maximum Gasteiger partial charge on any atom is 0.419 e. The smallest absolute Gasteiger partial charge is 0.410 e. The number of nitriles is 1. The number of hydrogen-bond donors (Lipinski definition) is 0. The van der Waals surface area contributed by atoms with Gasteiger partial charge in [-0.05, 0) is 48.9 Å². The van der Waals surface area contributed by atoms with Crippen molar-refractivity contribution < 1.29 is 18.7 Å². The van der Waals surface area contributed by atoms with Gasteiger partial charge in [-0.1, -0.05) is 6.07 Å². The van der Waals surface area contributed by atoms with Gasteiger partial charge in [-0.2, -0.15) is 10.4 Å². The number of anilines is 2. The monoisotopic (exact) mass is 447 g/mol. The highest BCUT2D eigenvalue weighted by atomic mass is 19.1. The zero-order valence-electron chi connectivity index (χ0n) is 18.2. The van der Waals surface area contributed by atoms with Crippen LogP contribution < -0.4 is 14.5 Å². The molecule has 1 aliphatic rings. The summed E-state index contributed by atoms with van der Waals surface area (Å²) in [5.41, 5.74) is 2.74. The molecule has 0 spiro atoms. The van der Waals surface area contributed by atoms with Crippen molar-refractivity contribution >= 4 is 23.4 Å². The lowest BCUT2D eigenvalue weighted by atomic mass is 10.0. The highest BCUT2D eigenvalue weighted by molar-refractivity contribution is 6.03. The largest absolute Gasteiger partial charge is 0.419 e. The van der Waals surface area contributed by atoms with E-state index >= 15 is 0 Å². The predicted octanol–water partition coefficient (Wildman–Crippen LogP) is 4.36. The Morgan fingerprint density at radius 3 is 2.64 bits per heavy atom. The number of rotatable bonds is 4. The SMILES string of the molecule is CC(=O)N1c2ccc(-c3cnn(CCC#N)c3)cc2N(C(=O)Oc2ccc(F)cc2)C[C@@H]1C. The number of hydrogen-bond acceptors (Lipinski definition) is 5. The van der Waals surface area contributed by atoms with E-state index in [-0.39, 0.29) is 24.2 Å². The van der Waals surface area contributed by atoms with E-state index in [0.29, 0.717) is 24.3 Å². The van der Waals surface area contributed by atoms with Crippen molar-refractivity contribution in [1.29, 1.82) is 5.26 Å². The van der Waals surface area contributed by atoms with Gasteiger partial charge in [0.2, 0.25) is 5.91 Å². The van der Waals surface area contributed by atoms with Crippen LogP contribution in [0.2, 0.25) is 0 Å². The third kappa shape index (κ3) is 4.55. The van der Waals surface area contributed by atoms with Crippen LogP contribution in [0, 0.1) is 17.1 Å². The maximum absolute atomic E-state index is 13.2. The molecule has 168 valence electrons. The van der Waals surface area contributed by atoms with Crippen LogP contribution in [0.5, 0.6) is 5.75 Å². The summed E-state index contributed by atoms with van der Waals surface area (Å²) in [6.07, 6.45) is 3.24. The molecule has 0 bridgehead atoms. The second-order valence-corrected chi connectivity index (χ2v) is 7.77. The van der Waals surface area contributed by atoms with Crippen LogP contribution in [0.4, 0.5) is 20.6 Å². The standard InChI is InChI=1S/C24H22FN5O3/c1-16-14-29(24(32)33-21-7-5-20(25)6-8-21)23-12-18(4-9-22(23)30(16)17(2)31)19-13-27-28(15-19)11-3-10-26/h4-9,12-13,15-16H,3,11,14H2,1-2H3/t16-/m0/s1. The zero-order valence-corrected chi connectivity index (χ0v) is 18.2. The predicted molar refractivity (Wildman–Crippen MR) is 120 cm³/mol. The van der Waals surface area contributed by atoms with Crippen molar-refractivity contribution in [3.05, 3.63) is 60.7 Å². The van der Waals surface area contributed by atoms with Gasteiger partial charge in [0.25, 0.3) is 0 Å². The molecule has 2 amide bonds. The van der Waals surface area contributed by atoms with Gasteiger partial charge in [-0.15, -0.1) is 0 Å². The number of halogens is 1. The molecule has 0 radical (unpaired) electrons. The maximum atomic E-state index is 13.2. The summed E-state index contributed by atoms with van der Waals surface area (Å²) in [6.45, 7) is 4.06. The lowest BCUT2D eigenvalue weighted by molar-refractivity contribution is -0.117. The summed E-state index contributed by atoms with van der Waals surface area (Å²) in [5, 5.41) is 13.1. The Balaban J connectivity index is 1.70. The molecule has 3 aromatic rings. The highest BCUT2D eigenvalue weighted by Gasteiger charge is 2.34. The number of carbonyl (C=O) groups is 2. The van der Waals surface area contributed by atoms with Gasteiger partial charge in [-0.25, -0.2) is 9.18 Å². The molecule has 9 heteroatoms. The number of aryl methyl sites for hydroxylation is 1. The molecule has 0 fully saturated rings. The Kier molecular flexibility index (Phi) is 6.09. The van der Waals surface area contributed by atoms with Crippen molar-refractivity contribution in [2.45, 2.75) is 32.9 Å². The number of benzene rings is 2. The molecule has 33 heavy (non-hydrogen) atoms. The Morgan fingerprint density at radius 2 is 1.94 bits per heavy atom. The van der Waals surface area contributed by atoms with Gasteiger partial charge in [0, 0.05) is 25.2 Å². The van der Waals surface area contributed by atoms with Gasteiger partial charge in [0.1, 0.15) is 11.6 Å². The van der Waals surface area contributed by atoms with Crippen molar-refractivity contribution in [2.24, 2.45) is 0 Å². The molecule has 2 aromatic carbocycles. The fourth-order valence-electron chi connectivity index (χ4n) is 3.92. The lowest BCUT2D eigenvalue weighted by Crippen LogP contribution is -2.52. The van der Waals surface area contributed by atoms with Gasteiger partial charge in [0.05, 0.1) is 42.6 Å². The average Bonchev–Trinajstić information content (AvgIpc) is 3.27. The molecule has 0 N–H and O–H groups in total. The van der Waals surface area contributed by atoms with Crippen molar-refractivity contribution in [3.8, 4) is 22.9 Å². The Bertz CT molecular complexity index is 1230. The van der Waals surface area contributed by atoms with E-state index in [1.807, 2.05) is 25.3 Å². The summed E-state index contributed by atoms with van der Waals surface area (Å²) in [6, 6.07) is 12.5. The fraction of sp³-hybridized carbons (Fsp3) is 0.250. The molecule has 1 atom stereocenters. The molecular weight excluding hydrogens is 425 g/mol. The van der Waals surface area contributed by atoms with Crippen molar-refractivity contribution in [1.82, 2.24) is 9.78 Å². The first-order valence-electron chi connectivity index (χ1n) is 10.5. The summed E-state index contributed by atoms with van der Waals surface area (Å²) in [4.78, 5) is 28.5. The first-order valence-corrected chi connectivity index (χ1v) is 10.5. The third-order valence-corrected chi connectivity index (χ3v) is 5.41. The van der Waals surface area contributed by atoms with Gasteiger partial charge < -0.3 is 9.64 Å². The van der Waals surface area contributed by atoms with E-state index in [9.17, 15) is 14.0 Å². The number of aromatic nitrogens is 2. The molecule has 1 aliphatic heterocycles. The quantitative estimate of drug-likeness (QED) is 0.593. The summed E-state index contributed by atoms with van der Waals surface area (Å²) >= 11 is 0. The topological polar surface area (TPSA) is 91.5 Å². The fourth-order valence-corrected chi connectivity index (χ4v) is 3.92. The van der Waals surface area contributed by atoms with Crippen LogP contribution >= 0.6 is 0 Å². The Labute approximate surface area is 190 Å². The van der Waals surface area contributed by atoms with Crippen LogP contribution in [0.25, 0.3) is 11.1 Å². The summed E-state index contributed by atoms with van der Waals surface area (Å²) in [5.74, 6) is -0.337. The molecular formula is C24H22FN5O3. The second-order valence-electron chi connectivity index (χ2n) is 7.77. The average molecular weight is 447 g/mol. The molecule has 8 nitrogen and oxygen atoms in total. The Hall–Kier alpha value is -4.19. The van der Waals surface area contributed by atoms with E-state index in [0.717, 1.165) is 11.1 Å². The van der Waals surface area contributed by atoms with Crippen LogP contribution in [0.1, 0.15) is 20.3 Å². The highest BCUT2D eigenvalue weighted by Crippen LogP contribution is 2.39. The minimum Gasteiger partial charge on any atom is -0.410 e. The second kappa shape index (κ2) is 9.12. The minimum atomic E-state index is -0.625. The Morgan fingerprint density at radius 1 is 1.18 bits per heavy atom. The van der Waals surface area contributed by atoms with Crippen LogP contribution in [-0.4, -0.2) is 34.4 Å². The first-order chi connectivity index (χ1) is 15.9. The van der Waals surface area contributed by atoms with Crippen molar-refractivity contribution in [2.75, 3.05) is 16.3 Å². The van der Waals surface area contributed by atoms with Gasteiger partial charge in [0.15, 0.2) is 0 Å². The molecule has 4 rings (SSSR count). The van der Waals surface area contributed by atoms with E-state index in [2.05, 4.69) is 11.2 Å². The number of carbonyl (C=O) groups excluding carboxylic acids is 2. The normalized spacial score (nSPS) is 15.0. The zero-order chi connectivity index (χ0) is 23.5. The molecule has 0 aliphatic carbocycles. The third-order valence-electron chi connectivity index (χ3n) is 5.41. The van der Waals surface area contributed by atoms with E-state index < -0.39 is 11.9 Å². The summed E-state index contributed by atoms with van der Waals surface area (Å²) in [7, 11) is 0. The van der Waals surface area contributed by atoms with Crippen LogP contribution in [-0.2, 0) is 11.3 Å². The van der Waals surface area contributed by atoms with E-state index in [1.165, 1.54) is 36.1 Å². The molecule has 0 saturated heterocycles. The first kappa shape index (κ1) is 22.0. The van der Waals surface area contributed by atoms with Gasteiger partial charge >= 0.3 is 6.09 Å². The lowest BCUT2D eigenvalue weighted by Gasteiger charge is -2.40. The summed E-state index contributed by atoms with van der Waals surface area (Å²) < 4.78 is 20.4. The molecule has 1 aromatic heterocycles.